The van der Waals surface area contributed by atoms with Crippen molar-refractivity contribution in [3.05, 3.63) is 35.4 Å². The Kier molecular flexibility index (Phi) is 2.95. The zero-order valence-corrected chi connectivity index (χ0v) is 6.80. The first-order chi connectivity index (χ1) is 5.36. The molecule has 0 N–H and O–H groups in total. The molecule has 11 heavy (non-hydrogen) atoms. The highest BCUT2D eigenvalue weighted by Crippen LogP contribution is 2.04. The van der Waals surface area contributed by atoms with Crippen molar-refractivity contribution in [1.82, 2.24) is 0 Å². The Labute approximate surface area is 71.2 Å². The highest BCUT2D eigenvalue weighted by Gasteiger charge is 1.91. The summed E-state index contributed by atoms with van der Waals surface area (Å²) in [5.41, 5.74) is 1.88. The molecule has 0 heterocycles. The van der Waals surface area contributed by atoms with Crippen LogP contribution in [0.3, 0.4) is 0 Å². The summed E-state index contributed by atoms with van der Waals surface area (Å²) in [5.74, 6) is 0.631. The molecule has 0 saturated carbocycles. The lowest BCUT2D eigenvalue weighted by atomic mass is 10.1. The van der Waals surface area contributed by atoms with Crippen LogP contribution in [0.25, 0.3) is 0 Å². The molecule has 0 saturated heterocycles. The van der Waals surface area contributed by atoms with Crippen LogP contribution in [0, 0.1) is 11.3 Å². The van der Waals surface area contributed by atoms with Gasteiger partial charge in [0.25, 0.3) is 0 Å². The smallest absolute Gasteiger partial charge is 0.0991 e. The molecule has 1 aromatic rings. The lowest BCUT2D eigenvalue weighted by Gasteiger charge is -1.95. The average molecular weight is 166 g/mol. The first-order valence-corrected chi connectivity index (χ1v) is 3.95. The van der Waals surface area contributed by atoms with Crippen LogP contribution in [0.1, 0.15) is 11.1 Å². The van der Waals surface area contributed by atoms with Crippen molar-refractivity contribution in [2.75, 3.05) is 5.88 Å². The van der Waals surface area contributed by atoms with Crippen LogP contribution in [0.2, 0.25) is 0 Å². The number of rotatable bonds is 2. The van der Waals surface area contributed by atoms with E-state index in [0.29, 0.717) is 11.4 Å². The normalized spacial score (nSPS) is 9.09. The maximum Gasteiger partial charge on any atom is 0.0991 e. The lowest BCUT2D eigenvalue weighted by molar-refractivity contribution is 1.15. The van der Waals surface area contributed by atoms with Crippen molar-refractivity contribution in [2.24, 2.45) is 0 Å². The van der Waals surface area contributed by atoms with E-state index < -0.39 is 0 Å². The molecule has 56 valence electrons. The molecular formula is C9H8ClN. The van der Waals surface area contributed by atoms with Gasteiger partial charge in [-0.1, -0.05) is 12.1 Å². The van der Waals surface area contributed by atoms with Gasteiger partial charge in [0.2, 0.25) is 0 Å². The van der Waals surface area contributed by atoms with Gasteiger partial charge in [0.05, 0.1) is 11.6 Å². The van der Waals surface area contributed by atoms with E-state index in [1.807, 2.05) is 24.3 Å². The summed E-state index contributed by atoms with van der Waals surface area (Å²) < 4.78 is 0. The van der Waals surface area contributed by atoms with Gasteiger partial charge < -0.3 is 0 Å². The van der Waals surface area contributed by atoms with Crippen molar-refractivity contribution in [3.63, 3.8) is 0 Å². The number of nitrogens with zero attached hydrogens (tertiary/aromatic N) is 1. The zero-order chi connectivity index (χ0) is 8.10. The number of hydrogen-bond donors (Lipinski definition) is 0. The van der Waals surface area contributed by atoms with Gasteiger partial charge in [-0.05, 0) is 24.1 Å². The van der Waals surface area contributed by atoms with Crippen LogP contribution < -0.4 is 0 Å². The lowest BCUT2D eigenvalue weighted by Crippen LogP contribution is -1.85. The number of alkyl halides is 1. The number of nitriles is 1. The third kappa shape index (κ3) is 2.25. The molecule has 0 aliphatic carbocycles. The van der Waals surface area contributed by atoms with Crippen molar-refractivity contribution in [2.45, 2.75) is 6.42 Å². The number of benzene rings is 1. The Balaban J connectivity index is 2.76. The molecule has 1 aromatic carbocycles. The van der Waals surface area contributed by atoms with E-state index in [2.05, 4.69) is 6.07 Å². The van der Waals surface area contributed by atoms with Gasteiger partial charge in [-0.3, -0.25) is 0 Å². The fraction of sp³-hybridized carbons (Fsp3) is 0.222. The first-order valence-electron chi connectivity index (χ1n) is 3.42. The molecule has 0 bridgehead atoms. The Morgan fingerprint density at radius 1 is 1.27 bits per heavy atom. The summed E-state index contributed by atoms with van der Waals surface area (Å²) in [7, 11) is 0. The second kappa shape index (κ2) is 4.00. The number of halogens is 1. The van der Waals surface area contributed by atoms with E-state index in [1.54, 1.807) is 0 Å². The zero-order valence-electron chi connectivity index (χ0n) is 6.05. The summed E-state index contributed by atoms with van der Waals surface area (Å²) in [4.78, 5) is 0. The van der Waals surface area contributed by atoms with E-state index >= 15 is 0 Å². The summed E-state index contributed by atoms with van der Waals surface area (Å²) in [5, 5.41) is 8.48. The molecule has 0 spiro atoms. The molecule has 0 unspecified atom stereocenters. The molecule has 0 aromatic heterocycles. The standard InChI is InChI=1S/C9H8ClN/c10-6-5-8-1-3-9(7-11)4-2-8/h1-4H,5-6H2. The highest BCUT2D eigenvalue weighted by atomic mass is 35.5. The van der Waals surface area contributed by atoms with Crippen molar-refractivity contribution >= 4 is 11.6 Å². The minimum absolute atomic E-state index is 0.631. The molecule has 0 radical (unpaired) electrons. The van der Waals surface area contributed by atoms with Gasteiger partial charge in [-0.15, -0.1) is 11.6 Å². The highest BCUT2D eigenvalue weighted by molar-refractivity contribution is 6.17. The second-order valence-corrected chi connectivity index (χ2v) is 2.63. The van der Waals surface area contributed by atoms with Gasteiger partial charge in [0.15, 0.2) is 0 Å². The van der Waals surface area contributed by atoms with Gasteiger partial charge in [0.1, 0.15) is 0 Å². The summed E-state index contributed by atoms with van der Waals surface area (Å²) in [6.45, 7) is 0. The molecule has 0 fully saturated rings. The topological polar surface area (TPSA) is 23.8 Å². The predicted molar refractivity (Wildman–Crippen MR) is 45.6 cm³/mol. The summed E-state index contributed by atoms with van der Waals surface area (Å²) in [6, 6.07) is 9.54. The van der Waals surface area contributed by atoms with E-state index in [-0.39, 0.29) is 0 Å². The molecule has 1 nitrogen and oxygen atoms in total. The molecular weight excluding hydrogens is 158 g/mol. The Bertz CT molecular complexity index is 258. The van der Waals surface area contributed by atoms with E-state index in [9.17, 15) is 0 Å². The Morgan fingerprint density at radius 2 is 1.91 bits per heavy atom. The van der Waals surface area contributed by atoms with E-state index in [4.69, 9.17) is 16.9 Å². The SMILES string of the molecule is N#Cc1ccc(CCCl)cc1. The quantitative estimate of drug-likeness (QED) is 0.618. The third-order valence-corrected chi connectivity index (χ3v) is 1.66. The van der Waals surface area contributed by atoms with Gasteiger partial charge in [-0.2, -0.15) is 5.26 Å². The van der Waals surface area contributed by atoms with Crippen LogP contribution in [-0.4, -0.2) is 5.88 Å². The van der Waals surface area contributed by atoms with Gasteiger partial charge in [-0.25, -0.2) is 0 Å². The second-order valence-electron chi connectivity index (χ2n) is 2.25. The Hall–Kier alpha value is -1.00. The Morgan fingerprint density at radius 3 is 2.36 bits per heavy atom. The molecule has 2 heteroatoms. The fourth-order valence-electron chi connectivity index (χ4n) is 0.855. The molecule has 0 aliphatic heterocycles. The maximum absolute atomic E-state index is 8.48. The van der Waals surface area contributed by atoms with Crippen LogP contribution in [-0.2, 0) is 6.42 Å². The van der Waals surface area contributed by atoms with Crippen LogP contribution in [0.5, 0.6) is 0 Å². The van der Waals surface area contributed by atoms with Crippen LogP contribution in [0.4, 0.5) is 0 Å². The van der Waals surface area contributed by atoms with Crippen molar-refractivity contribution < 1.29 is 0 Å². The minimum Gasteiger partial charge on any atom is -0.192 e. The number of hydrogen-bond acceptors (Lipinski definition) is 1. The molecule has 1 rings (SSSR count). The molecule has 0 atom stereocenters. The molecule has 0 aliphatic rings. The maximum atomic E-state index is 8.48. The number of aryl methyl sites for hydroxylation is 1. The van der Waals surface area contributed by atoms with Gasteiger partial charge in [0, 0.05) is 5.88 Å². The minimum atomic E-state index is 0.631. The van der Waals surface area contributed by atoms with E-state index in [0.717, 1.165) is 6.42 Å². The average Bonchev–Trinajstić information content (AvgIpc) is 2.07. The van der Waals surface area contributed by atoms with Crippen molar-refractivity contribution in [3.8, 4) is 6.07 Å². The monoisotopic (exact) mass is 165 g/mol. The summed E-state index contributed by atoms with van der Waals surface area (Å²) in [6.07, 6.45) is 0.868. The van der Waals surface area contributed by atoms with E-state index in [1.165, 1.54) is 5.56 Å². The van der Waals surface area contributed by atoms with Crippen LogP contribution >= 0.6 is 11.6 Å². The molecule has 0 amide bonds. The fourth-order valence-corrected chi connectivity index (χ4v) is 1.07. The van der Waals surface area contributed by atoms with Crippen molar-refractivity contribution in [1.29, 1.82) is 5.26 Å². The largest absolute Gasteiger partial charge is 0.192 e. The third-order valence-electron chi connectivity index (χ3n) is 1.47. The first kappa shape index (κ1) is 8.10. The predicted octanol–water partition coefficient (Wildman–Crippen LogP) is 2.34. The summed E-state index contributed by atoms with van der Waals surface area (Å²) >= 11 is 5.54. The van der Waals surface area contributed by atoms with Gasteiger partial charge >= 0.3 is 0 Å². The van der Waals surface area contributed by atoms with Crippen LogP contribution in [0.15, 0.2) is 24.3 Å².